The van der Waals surface area contributed by atoms with Crippen LogP contribution in [0.2, 0.25) is 0 Å². The molecule has 0 aromatic carbocycles. The molecule has 1 aliphatic heterocycles. The summed E-state index contributed by atoms with van der Waals surface area (Å²) in [5, 5.41) is 19.3. The highest BCUT2D eigenvalue weighted by Crippen LogP contribution is 2.37. The van der Waals surface area contributed by atoms with Crippen molar-refractivity contribution < 1.29 is 19.8 Å². The summed E-state index contributed by atoms with van der Waals surface area (Å²) >= 11 is 0. The maximum atomic E-state index is 10.8. The molecule has 1 heterocycles. The van der Waals surface area contributed by atoms with Crippen LogP contribution in [0, 0.1) is 0 Å². The molecule has 0 bridgehead atoms. The van der Waals surface area contributed by atoms with Gasteiger partial charge in [0.25, 0.3) is 0 Å². The van der Waals surface area contributed by atoms with E-state index in [1.165, 1.54) is 0 Å². The predicted octanol–water partition coefficient (Wildman–Crippen LogP) is 0.459. The number of hydrogen-bond donors (Lipinski definition) is 2. The van der Waals surface area contributed by atoms with Crippen molar-refractivity contribution in [3.8, 4) is 0 Å². The van der Waals surface area contributed by atoms with Crippen LogP contribution in [0.4, 0.5) is 4.79 Å². The second-order valence-electron chi connectivity index (χ2n) is 3.31. The van der Waals surface area contributed by atoms with Gasteiger partial charge in [0.2, 0.25) is 5.72 Å². The van der Waals surface area contributed by atoms with E-state index in [1.54, 1.807) is 0 Å². The van der Waals surface area contributed by atoms with Crippen molar-refractivity contribution in [2.75, 3.05) is 0 Å². The molecule has 2 atom stereocenters. The summed E-state index contributed by atoms with van der Waals surface area (Å²) in [6, 6.07) is 0. The third kappa shape index (κ3) is 0.834. The fraction of sp³-hybridized carbons (Fsp3) is 0.857. The Morgan fingerprint density at radius 3 is 3.00 bits per heavy atom. The van der Waals surface area contributed by atoms with Gasteiger partial charge in [-0.1, -0.05) is 0 Å². The van der Waals surface area contributed by atoms with Gasteiger partial charge in [0, 0.05) is 6.42 Å². The van der Waals surface area contributed by atoms with Gasteiger partial charge < -0.3 is 9.84 Å². The van der Waals surface area contributed by atoms with Crippen LogP contribution in [0.15, 0.2) is 0 Å². The molecule has 68 valence electrons. The lowest BCUT2D eigenvalue weighted by atomic mass is 9.89. The predicted molar refractivity (Wildman–Crippen MR) is 37.3 cm³/mol. The Balaban J connectivity index is 2.25. The summed E-state index contributed by atoms with van der Waals surface area (Å²) in [6.07, 6.45) is 1.35. The first-order valence-electron chi connectivity index (χ1n) is 4.07. The van der Waals surface area contributed by atoms with Crippen molar-refractivity contribution in [3.63, 3.8) is 0 Å². The number of ether oxygens (including phenoxy) is 1. The molecule has 1 aliphatic carbocycles. The molecule has 12 heavy (non-hydrogen) atoms. The molecule has 2 unspecified atom stereocenters. The van der Waals surface area contributed by atoms with Crippen molar-refractivity contribution in [3.05, 3.63) is 0 Å². The van der Waals surface area contributed by atoms with Crippen LogP contribution in [0.3, 0.4) is 0 Å². The first kappa shape index (κ1) is 7.82. The molecule has 1 saturated heterocycles. The minimum atomic E-state index is -1.46. The van der Waals surface area contributed by atoms with Crippen LogP contribution in [-0.2, 0) is 4.74 Å². The van der Waals surface area contributed by atoms with E-state index in [4.69, 9.17) is 9.94 Å². The lowest BCUT2D eigenvalue weighted by Gasteiger charge is -2.33. The van der Waals surface area contributed by atoms with Gasteiger partial charge in [0.1, 0.15) is 0 Å². The molecule has 1 amide bonds. The number of hydroxylamine groups is 2. The van der Waals surface area contributed by atoms with Crippen molar-refractivity contribution >= 4 is 6.09 Å². The smallest absolute Gasteiger partial charge is 0.437 e. The van der Waals surface area contributed by atoms with Gasteiger partial charge in [-0.05, 0) is 19.3 Å². The zero-order chi connectivity index (χ0) is 8.77. The van der Waals surface area contributed by atoms with Gasteiger partial charge in [0.15, 0.2) is 6.10 Å². The van der Waals surface area contributed by atoms with Crippen LogP contribution in [0.5, 0.6) is 0 Å². The molecule has 1 saturated carbocycles. The highest BCUT2D eigenvalue weighted by Gasteiger charge is 2.55. The molecule has 5 nitrogen and oxygen atoms in total. The Hall–Kier alpha value is -0.810. The first-order chi connectivity index (χ1) is 5.64. The van der Waals surface area contributed by atoms with E-state index in [-0.39, 0.29) is 0 Å². The van der Waals surface area contributed by atoms with Gasteiger partial charge >= 0.3 is 6.09 Å². The summed E-state index contributed by atoms with van der Waals surface area (Å²) in [5.41, 5.74) is -1.46. The van der Waals surface area contributed by atoms with Gasteiger partial charge in [-0.2, -0.15) is 5.06 Å². The summed E-state index contributed by atoms with van der Waals surface area (Å²) in [5.74, 6) is 0. The SMILES string of the molecule is O=C1OC2CCCCC2(O)N1O. The third-order valence-corrected chi connectivity index (χ3v) is 2.56. The number of rotatable bonds is 0. The zero-order valence-electron chi connectivity index (χ0n) is 6.56. The molecular weight excluding hydrogens is 162 g/mol. The summed E-state index contributed by atoms with van der Waals surface area (Å²) in [4.78, 5) is 10.8. The molecule has 5 heteroatoms. The quantitative estimate of drug-likeness (QED) is 0.522. The first-order valence-corrected chi connectivity index (χ1v) is 4.07. The molecule has 2 N–H and O–H groups in total. The lowest BCUT2D eigenvalue weighted by Crippen LogP contribution is -2.51. The van der Waals surface area contributed by atoms with Crippen LogP contribution in [-0.4, -0.2) is 33.3 Å². The fourth-order valence-electron chi connectivity index (χ4n) is 1.83. The fourth-order valence-corrected chi connectivity index (χ4v) is 1.83. The van der Waals surface area contributed by atoms with E-state index < -0.39 is 17.9 Å². The van der Waals surface area contributed by atoms with Crippen molar-refractivity contribution in [1.82, 2.24) is 5.06 Å². The molecule has 2 aliphatic rings. The minimum absolute atomic E-state index is 0.316. The van der Waals surface area contributed by atoms with Crippen molar-refractivity contribution in [2.45, 2.75) is 37.5 Å². The van der Waals surface area contributed by atoms with E-state index in [0.717, 1.165) is 12.8 Å². The monoisotopic (exact) mass is 173 g/mol. The highest BCUT2D eigenvalue weighted by molar-refractivity contribution is 5.69. The average Bonchev–Trinajstić information content (AvgIpc) is 2.28. The van der Waals surface area contributed by atoms with Gasteiger partial charge in [-0.25, -0.2) is 4.79 Å². The average molecular weight is 173 g/mol. The van der Waals surface area contributed by atoms with E-state index in [0.29, 0.717) is 17.9 Å². The summed E-state index contributed by atoms with van der Waals surface area (Å²) in [7, 11) is 0. The minimum Gasteiger partial charge on any atom is -0.439 e. The van der Waals surface area contributed by atoms with Crippen LogP contribution in [0.25, 0.3) is 0 Å². The number of nitrogens with zero attached hydrogens (tertiary/aromatic N) is 1. The molecule has 2 rings (SSSR count). The zero-order valence-corrected chi connectivity index (χ0v) is 6.56. The standard InChI is InChI=1S/C7H11NO4/c9-6-8(11)7(10)4-2-1-3-5(7)12-6/h5,10-11H,1-4H2. The third-order valence-electron chi connectivity index (χ3n) is 2.56. The normalized spacial score (nSPS) is 41.0. The number of fused-ring (bicyclic) bond motifs is 1. The molecule has 0 aromatic heterocycles. The van der Waals surface area contributed by atoms with Gasteiger partial charge in [0.05, 0.1) is 0 Å². The maximum absolute atomic E-state index is 10.8. The maximum Gasteiger partial charge on any atom is 0.437 e. The lowest BCUT2D eigenvalue weighted by molar-refractivity contribution is -0.229. The Bertz CT molecular complexity index is 219. The summed E-state index contributed by atoms with van der Waals surface area (Å²) in [6.45, 7) is 0. The largest absolute Gasteiger partial charge is 0.439 e. The highest BCUT2D eigenvalue weighted by atomic mass is 16.7. The van der Waals surface area contributed by atoms with Crippen molar-refractivity contribution in [1.29, 1.82) is 0 Å². The van der Waals surface area contributed by atoms with Crippen molar-refractivity contribution in [2.24, 2.45) is 0 Å². The Kier molecular flexibility index (Phi) is 1.52. The van der Waals surface area contributed by atoms with Gasteiger partial charge in [-0.3, -0.25) is 5.21 Å². The van der Waals surface area contributed by atoms with E-state index >= 15 is 0 Å². The Morgan fingerprint density at radius 1 is 1.58 bits per heavy atom. The molecule has 0 radical (unpaired) electrons. The molecule has 2 fully saturated rings. The van der Waals surface area contributed by atoms with Crippen LogP contribution >= 0.6 is 0 Å². The molecular formula is C7H11NO4. The van der Waals surface area contributed by atoms with Gasteiger partial charge in [-0.15, -0.1) is 0 Å². The molecule has 0 spiro atoms. The second kappa shape index (κ2) is 2.34. The van der Waals surface area contributed by atoms with E-state index in [9.17, 15) is 9.90 Å². The number of carbonyl (C=O) groups excluding carboxylic acids is 1. The second-order valence-corrected chi connectivity index (χ2v) is 3.31. The summed E-state index contributed by atoms with van der Waals surface area (Å²) < 4.78 is 4.77. The number of hydrogen-bond acceptors (Lipinski definition) is 4. The van der Waals surface area contributed by atoms with Crippen LogP contribution in [0.1, 0.15) is 25.7 Å². The topological polar surface area (TPSA) is 70.0 Å². The molecule has 0 aromatic rings. The Labute approximate surface area is 69.5 Å². The van der Waals surface area contributed by atoms with Crippen LogP contribution < -0.4 is 0 Å². The number of aliphatic hydroxyl groups is 1. The Morgan fingerprint density at radius 2 is 2.33 bits per heavy atom. The van der Waals surface area contributed by atoms with E-state index in [2.05, 4.69) is 0 Å². The van der Waals surface area contributed by atoms with E-state index in [1.807, 2.05) is 0 Å². The number of carbonyl (C=O) groups is 1. The number of amides is 1.